The Morgan fingerprint density at radius 2 is 1.78 bits per heavy atom. The Kier molecular flexibility index (Phi) is 3.50. The molecule has 0 fully saturated rings. The lowest BCUT2D eigenvalue weighted by Crippen LogP contribution is -2.62. The van der Waals surface area contributed by atoms with Crippen LogP contribution in [0.2, 0.25) is 0 Å². The Hall–Kier alpha value is -2.79. The van der Waals surface area contributed by atoms with Crippen LogP contribution in [0.25, 0.3) is 0 Å². The zero-order chi connectivity index (χ0) is 17.7. The van der Waals surface area contributed by atoms with E-state index >= 15 is 0 Å². The van der Waals surface area contributed by atoms with Gasteiger partial charge < -0.3 is 10.1 Å². The van der Waals surface area contributed by atoms with E-state index in [1.165, 1.54) is 5.32 Å². The lowest BCUT2D eigenvalue weighted by atomic mass is 9.92. The standard InChI is InChI=1S/C11H11F3N4O5/c1-17-5-4(6(19)18(2)9(17)22)10(7(20)15-5,11(12,13)14)16-8(21)23-3/h1-3H3,(H,15,20)(H,16,21)/t10-/m1/s1. The zero-order valence-corrected chi connectivity index (χ0v) is 12.1. The highest BCUT2D eigenvalue weighted by Crippen LogP contribution is 2.44. The fourth-order valence-corrected chi connectivity index (χ4v) is 2.31. The van der Waals surface area contributed by atoms with Gasteiger partial charge in [0.05, 0.1) is 7.11 Å². The lowest BCUT2D eigenvalue weighted by molar-refractivity contribution is -0.197. The molecule has 12 heteroatoms. The van der Waals surface area contributed by atoms with Crippen molar-refractivity contribution in [3.63, 3.8) is 0 Å². The first kappa shape index (κ1) is 16.6. The average molecular weight is 336 g/mol. The number of aromatic nitrogens is 2. The molecule has 1 aliphatic heterocycles. The maximum atomic E-state index is 13.6. The van der Waals surface area contributed by atoms with Gasteiger partial charge in [0.15, 0.2) is 0 Å². The molecule has 0 bridgehead atoms. The van der Waals surface area contributed by atoms with Crippen LogP contribution in [0.15, 0.2) is 9.59 Å². The van der Waals surface area contributed by atoms with Gasteiger partial charge in [0, 0.05) is 14.1 Å². The summed E-state index contributed by atoms with van der Waals surface area (Å²) in [7, 11) is 2.82. The van der Waals surface area contributed by atoms with E-state index in [0.717, 1.165) is 21.2 Å². The number of ether oxygens (including phenoxy) is 1. The number of rotatable bonds is 1. The van der Waals surface area contributed by atoms with E-state index in [9.17, 15) is 32.3 Å². The van der Waals surface area contributed by atoms with Crippen LogP contribution in [0.4, 0.5) is 23.8 Å². The number of nitrogens with zero attached hydrogens (tertiary/aromatic N) is 2. The molecule has 0 spiro atoms. The highest BCUT2D eigenvalue weighted by Gasteiger charge is 2.68. The Morgan fingerprint density at radius 3 is 2.26 bits per heavy atom. The van der Waals surface area contributed by atoms with E-state index in [-0.39, 0.29) is 0 Å². The van der Waals surface area contributed by atoms with E-state index < -0.39 is 46.3 Å². The number of methoxy groups -OCH3 is 1. The Morgan fingerprint density at radius 1 is 1.22 bits per heavy atom. The number of carbonyl (C=O) groups is 2. The molecule has 1 aromatic rings. The molecular formula is C11H11F3N4O5. The molecule has 0 saturated carbocycles. The second kappa shape index (κ2) is 4.86. The molecule has 0 aliphatic carbocycles. The topological polar surface area (TPSA) is 111 Å². The van der Waals surface area contributed by atoms with Crippen LogP contribution in [-0.4, -0.2) is 34.4 Å². The summed E-state index contributed by atoms with van der Waals surface area (Å²) in [5.41, 5.74) is -7.07. The minimum atomic E-state index is -5.36. The van der Waals surface area contributed by atoms with Crippen molar-refractivity contribution in [1.82, 2.24) is 14.5 Å². The quantitative estimate of drug-likeness (QED) is 0.694. The molecular weight excluding hydrogens is 325 g/mol. The summed E-state index contributed by atoms with van der Waals surface area (Å²) in [4.78, 5) is 47.3. The van der Waals surface area contributed by atoms with Crippen LogP contribution >= 0.6 is 0 Å². The SMILES string of the molecule is COC(=O)N[C@@]1(C(F)(F)F)C(=O)Nc2c1c(=O)n(C)c(=O)n2C. The van der Waals surface area contributed by atoms with Crippen molar-refractivity contribution < 1.29 is 27.5 Å². The van der Waals surface area contributed by atoms with Gasteiger partial charge >= 0.3 is 18.0 Å². The molecule has 2 rings (SSSR count). The molecule has 0 radical (unpaired) electrons. The van der Waals surface area contributed by atoms with Crippen LogP contribution in [-0.2, 0) is 29.2 Å². The smallest absolute Gasteiger partial charge is 0.425 e. The van der Waals surface area contributed by atoms with Crippen molar-refractivity contribution in [2.45, 2.75) is 11.7 Å². The second-order valence-electron chi connectivity index (χ2n) is 4.75. The number of hydrogen-bond donors (Lipinski definition) is 2. The maximum absolute atomic E-state index is 13.6. The number of fused-ring (bicyclic) bond motifs is 1. The normalized spacial score (nSPS) is 20.0. The molecule has 23 heavy (non-hydrogen) atoms. The third-order valence-corrected chi connectivity index (χ3v) is 3.51. The van der Waals surface area contributed by atoms with Crippen LogP contribution in [0.1, 0.15) is 5.56 Å². The average Bonchev–Trinajstić information content (AvgIpc) is 2.76. The predicted octanol–water partition coefficient (Wildman–Crippen LogP) is -0.850. The van der Waals surface area contributed by atoms with Gasteiger partial charge in [0.1, 0.15) is 11.4 Å². The van der Waals surface area contributed by atoms with Gasteiger partial charge in [-0.3, -0.25) is 24.0 Å². The zero-order valence-electron chi connectivity index (χ0n) is 12.1. The van der Waals surface area contributed by atoms with Crippen molar-refractivity contribution >= 4 is 17.8 Å². The third kappa shape index (κ3) is 2.01. The minimum absolute atomic E-state index is 0.401. The van der Waals surface area contributed by atoms with Gasteiger partial charge in [-0.05, 0) is 0 Å². The van der Waals surface area contributed by atoms with Crippen molar-refractivity contribution in [3.05, 3.63) is 26.4 Å². The first-order valence-corrected chi connectivity index (χ1v) is 6.03. The number of anilines is 1. The Balaban J connectivity index is 2.94. The fraction of sp³-hybridized carbons (Fsp3) is 0.455. The molecule has 0 saturated heterocycles. The van der Waals surface area contributed by atoms with E-state index in [4.69, 9.17) is 0 Å². The van der Waals surface area contributed by atoms with Crippen molar-refractivity contribution in [2.75, 3.05) is 12.4 Å². The molecule has 2 heterocycles. The Labute approximate surface area is 125 Å². The van der Waals surface area contributed by atoms with Crippen molar-refractivity contribution in [3.8, 4) is 0 Å². The van der Waals surface area contributed by atoms with Gasteiger partial charge in [-0.2, -0.15) is 13.2 Å². The number of alkyl carbamates (subject to hydrolysis) is 1. The highest BCUT2D eigenvalue weighted by molar-refractivity contribution is 6.07. The molecule has 2 N–H and O–H groups in total. The summed E-state index contributed by atoms with van der Waals surface area (Å²) >= 11 is 0. The molecule has 2 amide bonds. The van der Waals surface area contributed by atoms with Crippen LogP contribution in [0.5, 0.6) is 0 Å². The van der Waals surface area contributed by atoms with E-state index in [2.05, 4.69) is 4.74 Å². The van der Waals surface area contributed by atoms with Crippen LogP contribution < -0.4 is 21.9 Å². The summed E-state index contributed by atoms with van der Waals surface area (Å²) in [6.45, 7) is 0. The predicted molar refractivity (Wildman–Crippen MR) is 68.8 cm³/mol. The third-order valence-electron chi connectivity index (χ3n) is 3.51. The van der Waals surface area contributed by atoms with Gasteiger partial charge in [-0.1, -0.05) is 0 Å². The van der Waals surface area contributed by atoms with Crippen molar-refractivity contribution in [2.24, 2.45) is 14.1 Å². The van der Waals surface area contributed by atoms with Gasteiger partial charge in [-0.15, -0.1) is 0 Å². The fourth-order valence-electron chi connectivity index (χ4n) is 2.31. The number of carbonyl (C=O) groups excluding carboxylic acids is 2. The molecule has 1 aliphatic rings. The molecule has 0 aromatic carbocycles. The minimum Gasteiger partial charge on any atom is -0.453 e. The van der Waals surface area contributed by atoms with E-state index in [1.54, 1.807) is 0 Å². The van der Waals surface area contributed by atoms with Crippen LogP contribution in [0, 0.1) is 0 Å². The van der Waals surface area contributed by atoms with E-state index in [0.29, 0.717) is 9.13 Å². The summed E-state index contributed by atoms with van der Waals surface area (Å²) in [6.07, 6.45) is -6.93. The molecule has 1 atom stereocenters. The molecule has 0 unspecified atom stereocenters. The molecule has 126 valence electrons. The number of hydrogen-bond acceptors (Lipinski definition) is 5. The van der Waals surface area contributed by atoms with Gasteiger partial charge in [-0.25, -0.2) is 9.59 Å². The monoisotopic (exact) mass is 336 g/mol. The summed E-state index contributed by atoms with van der Waals surface area (Å²) in [5.74, 6) is -2.36. The van der Waals surface area contributed by atoms with E-state index in [1.807, 2.05) is 5.32 Å². The van der Waals surface area contributed by atoms with Gasteiger partial charge in [0.25, 0.3) is 17.0 Å². The number of nitrogens with one attached hydrogen (secondary N) is 2. The first-order chi connectivity index (χ1) is 10.5. The lowest BCUT2D eigenvalue weighted by Gasteiger charge is -2.29. The maximum Gasteiger partial charge on any atom is 0.425 e. The van der Waals surface area contributed by atoms with Crippen molar-refractivity contribution in [1.29, 1.82) is 0 Å². The second-order valence-corrected chi connectivity index (χ2v) is 4.75. The summed E-state index contributed by atoms with van der Waals surface area (Å²) in [5, 5.41) is 3.20. The van der Waals surface area contributed by atoms with Gasteiger partial charge in [0.2, 0.25) is 0 Å². The summed E-state index contributed by atoms with van der Waals surface area (Å²) in [6, 6.07) is 0. The number of amides is 2. The highest BCUT2D eigenvalue weighted by atomic mass is 19.4. The van der Waals surface area contributed by atoms with Crippen LogP contribution in [0.3, 0.4) is 0 Å². The summed E-state index contributed by atoms with van der Waals surface area (Å²) < 4.78 is 46.0. The number of alkyl halides is 3. The molecule has 1 aromatic heterocycles. The first-order valence-electron chi connectivity index (χ1n) is 6.03. The Bertz CT molecular complexity index is 825. The largest absolute Gasteiger partial charge is 0.453 e. The molecule has 9 nitrogen and oxygen atoms in total. The number of halogens is 3.